The minimum absolute atomic E-state index is 0.0516. The van der Waals surface area contributed by atoms with E-state index in [2.05, 4.69) is 20.6 Å². The molecule has 0 spiro atoms. The van der Waals surface area contributed by atoms with Gasteiger partial charge in [0, 0.05) is 22.8 Å². The maximum Gasteiger partial charge on any atom is 0.362 e. The van der Waals surface area contributed by atoms with Gasteiger partial charge in [-0.2, -0.15) is 5.10 Å². The average Bonchev–Trinajstić information content (AvgIpc) is 3.17. The normalized spacial score (nSPS) is 10.7. The molecule has 0 radical (unpaired) electrons. The van der Waals surface area contributed by atoms with Gasteiger partial charge >= 0.3 is 5.82 Å². The third-order valence-electron chi connectivity index (χ3n) is 3.35. The molecule has 0 aliphatic carbocycles. The summed E-state index contributed by atoms with van der Waals surface area (Å²) < 4.78 is 15.2. The van der Waals surface area contributed by atoms with Crippen LogP contribution in [0.3, 0.4) is 0 Å². The van der Waals surface area contributed by atoms with E-state index in [4.69, 9.17) is 23.2 Å². The van der Waals surface area contributed by atoms with Gasteiger partial charge in [0.15, 0.2) is 16.5 Å². The van der Waals surface area contributed by atoms with Crippen LogP contribution in [0.15, 0.2) is 30.5 Å². The number of aromatic amines is 1. The number of hydrogen-bond donors (Lipinski definition) is 2. The van der Waals surface area contributed by atoms with Crippen LogP contribution in [0.1, 0.15) is 16.1 Å². The number of anilines is 1. The molecular weight excluding hydrogens is 390 g/mol. The molecule has 134 valence electrons. The number of H-pyrrole nitrogens is 1. The van der Waals surface area contributed by atoms with Crippen molar-refractivity contribution in [2.24, 2.45) is 0 Å². The average molecular weight is 399 g/mol. The van der Waals surface area contributed by atoms with Crippen LogP contribution in [-0.4, -0.2) is 30.8 Å². The highest BCUT2D eigenvalue weighted by Gasteiger charge is 2.25. The molecular formula is C14H9Cl2FN6O3. The minimum Gasteiger partial charge on any atom is -0.358 e. The van der Waals surface area contributed by atoms with Crippen LogP contribution in [0.2, 0.25) is 10.0 Å². The molecule has 1 aromatic carbocycles. The topological polar surface area (TPSA) is 119 Å². The van der Waals surface area contributed by atoms with E-state index in [1.54, 1.807) is 6.07 Å². The van der Waals surface area contributed by atoms with E-state index < -0.39 is 27.5 Å². The van der Waals surface area contributed by atoms with E-state index in [9.17, 15) is 19.3 Å². The Balaban J connectivity index is 1.74. The SMILES string of the molecule is O=C(Nc1ccn(Cc2c(F)cccc2Cl)n1)c1n[nH]c([N+](=O)[O-])c1Cl. The molecule has 0 saturated carbocycles. The van der Waals surface area contributed by atoms with Crippen LogP contribution in [0.25, 0.3) is 0 Å². The maximum absolute atomic E-state index is 13.8. The molecule has 3 aromatic rings. The predicted octanol–water partition coefficient (Wildman–Crippen LogP) is 3.26. The number of nitro groups is 1. The second kappa shape index (κ2) is 7.10. The van der Waals surface area contributed by atoms with Crippen molar-refractivity contribution in [2.75, 3.05) is 5.32 Å². The van der Waals surface area contributed by atoms with E-state index in [1.807, 2.05) is 0 Å². The van der Waals surface area contributed by atoms with Gasteiger partial charge in [-0.25, -0.2) is 4.39 Å². The van der Waals surface area contributed by atoms with E-state index in [-0.39, 0.29) is 28.6 Å². The standard InChI is InChI=1S/C14H9Cl2FN6O3/c15-8-2-1-3-9(17)7(8)6-22-5-4-10(21-22)18-14(24)12-11(16)13(20-19-12)23(25)26/h1-5H,6H2,(H,19,20)(H,18,21,24). The highest BCUT2D eigenvalue weighted by molar-refractivity contribution is 6.35. The van der Waals surface area contributed by atoms with Crippen molar-refractivity contribution in [3.8, 4) is 0 Å². The summed E-state index contributed by atoms with van der Waals surface area (Å²) in [6.45, 7) is 0.0516. The van der Waals surface area contributed by atoms with Crippen molar-refractivity contribution in [2.45, 2.75) is 6.54 Å². The van der Waals surface area contributed by atoms with E-state index in [1.165, 1.54) is 29.1 Å². The molecule has 0 aliphatic heterocycles. The van der Waals surface area contributed by atoms with Crippen molar-refractivity contribution in [3.05, 3.63) is 67.7 Å². The Labute approximate surface area is 154 Å². The molecule has 0 unspecified atom stereocenters. The van der Waals surface area contributed by atoms with Crippen LogP contribution in [-0.2, 0) is 6.54 Å². The number of aromatic nitrogens is 4. The third kappa shape index (κ3) is 3.51. The van der Waals surface area contributed by atoms with Gasteiger partial charge in [0.2, 0.25) is 0 Å². The first-order chi connectivity index (χ1) is 12.4. The molecule has 2 aromatic heterocycles. The number of nitrogens with one attached hydrogen (secondary N) is 2. The van der Waals surface area contributed by atoms with Gasteiger partial charge in [-0.05, 0) is 17.1 Å². The minimum atomic E-state index is -0.793. The lowest BCUT2D eigenvalue weighted by Crippen LogP contribution is -2.14. The fraction of sp³-hybridized carbons (Fsp3) is 0.0714. The number of halogens is 3. The quantitative estimate of drug-likeness (QED) is 0.504. The highest BCUT2D eigenvalue weighted by Crippen LogP contribution is 2.25. The summed E-state index contributed by atoms with van der Waals surface area (Å²) in [5.74, 6) is -1.72. The number of benzene rings is 1. The zero-order chi connectivity index (χ0) is 18.8. The summed E-state index contributed by atoms with van der Waals surface area (Å²) in [4.78, 5) is 22.0. The summed E-state index contributed by atoms with van der Waals surface area (Å²) >= 11 is 11.7. The number of amides is 1. The molecule has 2 heterocycles. The van der Waals surface area contributed by atoms with Crippen LogP contribution in [0, 0.1) is 15.9 Å². The first kappa shape index (κ1) is 17.8. The Morgan fingerprint density at radius 1 is 1.38 bits per heavy atom. The number of carbonyl (C=O) groups is 1. The third-order valence-corrected chi connectivity index (χ3v) is 4.06. The summed E-state index contributed by atoms with van der Waals surface area (Å²) in [5, 5.41) is 22.6. The van der Waals surface area contributed by atoms with Crippen molar-refractivity contribution < 1.29 is 14.1 Å². The molecule has 2 N–H and O–H groups in total. The Morgan fingerprint density at radius 2 is 2.15 bits per heavy atom. The smallest absolute Gasteiger partial charge is 0.358 e. The van der Waals surface area contributed by atoms with Gasteiger partial charge in [-0.15, -0.1) is 5.10 Å². The van der Waals surface area contributed by atoms with Crippen molar-refractivity contribution in [3.63, 3.8) is 0 Å². The Kier molecular flexibility index (Phi) is 4.87. The zero-order valence-corrected chi connectivity index (χ0v) is 14.3. The monoisotopic (exact) mass is 398 g/mol. The van der Waals surface area contributed by atoms with E-state index in [0.29, 0.717) is 0 Å². The summed E-state index contributed by atoms with van der Waals surface area (Å²) in [5.41, 5.74) is -0.0915. The molecule has 0 aliphatic rings. The van der Waals surface area contributed by atoms with Gasteiger partial charge in [0.05, 0.1) is 6.54 Å². The summed E-state index contributed by atoms with van der Waals surface area (Å²) in [6.07, 6.45) is 1.51. The van der Waals surface area contributed by atoms with Gasteiger partial charge < -0.3 is 15.4 Å². The Bertz CT molecular complexity index is 982. The first-order valence-electron chi connectivity index (χ1n) is 7.02. The number of carbonyl (C=O) groups excluding carboxylic acids is 1. The fourth-order valence-corrected chi connectivity index (χ4v) is 2.59. The van der Waals surface area contributed by atoms with Crippen molar-refractivity contribution >= 4 is 40.7 Å². The van der Waals surface area contributed by atoms with Gasteiger partial charge in [0.1, 0.15) is 5.82 Å². The first-order valence-corrected chi connectivity index (χ1v) is 7.78. The zero-order valence-electron chi connectivity index (χ0n) is 12.7. The molecule has 0 bridgehead atoms. The Morgan fingerprint density at radius 3 is 2.81 bits per heavy atom. The number of nitrogens with zero attached hydrogens (tertiary/aromatic N) is 4. The summed E-state index contributed by atoms with van der Waals surface area (Å²) in [6, 6.07) is 5.78. The molecule has 12 heteroatoms. The highest BCUT2D eigenvalue weighted by atomic mass is 35.5. The lowest BCUT2D eigenvalue weighted by molar-refractivity contribution is -0.389. The second-order valence-corrected chi connectivity index (χ2v) is 5.83. The largest absolute Gasteiger partial charge is 0.362 e. The van der Waals surface area contributed by atoms with E-state index >= 15 is 0 Å². The van der Waals surface area contributed by atoms with Crippen LogP contribution >= 0.6 is 23.2 Å². The molecule has 3 rings (SSSR count). The lowest BCUT2D eigenvalue weighted by Gasteiger charge is -2.06. The van der Waals surface area contributed by atoms with Crippen LogP contribution in [0.5, 0.6) is 0 Å². The van der Waals surface area contributed by atoms with E-state index in [0.717, 1.165) is 0 Å². The lowest BCUT2D eigenvalue weighted by atomic mass is 10.2. The number of rotatable bonds is 5. The van der Waals surface area contributed by atoms with Gasteiger partial charge in [-0.1, -0.05) is 34.4 Å². The second-order valence-electron chi connectivity index (χ2n) is 5.04. The van der Waals surface area contributed by atoms with Gasteiger partial charge in [0.25, 0.3) is 5.91 Å². The van der Waals surface area contributed by atoms with Crippen molar-refractivity contribution in [1.29, 1.82) is 0 Å². The number of hydrogen-bond acceptors (Lipinski definition) is 5. The van der Waals surface area contributed by atoms with Crippen molar-refractivity contribution in [1.82, 2.24) is 20.0 Å². The van der Waals surface area contributed by atoms with Crippen LogP contribution in [0.4, 0.5) is 16.0 Å². The molecule has 0 saturated heterocycles. The molecule has 26 heavy (non-hydrogen) atoms. The predicted molar refractivity (Wildman–Crippen MR) is 90.9 cm³/mol. The maximum atomic E-state index is 13.8. The molecule has 0 fully saturated rings. The summed E-state index contributed by atoms with van der Waals surface area (Å²) in [7, 11) is 0. The molecule has 0 atom stereocenters. The Hall–Kier alpha value is -2.98. The molecule has 9 nitrogen and oxygen atoms in total. The fourth-order valence-electron chi connectivity index (χ4n) is 2.13. The molecule has 1 amide bonds. The van der Waals surface area contributed by atoms with Gasteiger partial charge in [-0.3, -0.25) is 9.48 Å². The van der Waals surface area contributed by atoms with Crippen LogP contribution < -0.4 is 5.32 Å².